The molecule has 0 aromatic heterocycles. The Balaban J connectivity index is 1.44. The van der Waals surface area contributed by atoms with E-state index in [1.165, 1.54) is 5.57 Å². The molecule has 0 saturated carbocycles. The van der Waals surface area contributed by atoms with Gasteiger partial charge in [-0.15, -0.1) is 0 Å². The molecule has 0 aromatic carbocycles. The van der Waals surface area contributed by atoms with Crippen molar-refractivity contribution in [2.24, 2.45) is 11.8 Å². The fourth-order valence-electron chi connectivity index (χ4n) is 5.98. The van der Waals surface area contributed by atoms with Crippen molar-refractivity contribution in [3.63, 3.8) is 0 Å². The van der Waals surface area contributed by atoms with Crippen LogP contribution in [0.3, 0.4) is 0 Å². The van der Waals surface area contributed by atoms with Gasteiger partial charge in [-0.1, -0.05) is 61.1 Å². The number of ether oxygens (including phenoxy) is 3. The summed E-state index contributed by atoms with van der Waals surface area (Å²) in [7, 11) is 0. The zero-order chi connectivity index (χ0) is 26.4. The maximum atomic E-state index is 11.0. The van der Waals surface area contributed by atoms with Crippen molar-refractivity contribution in [3.8, 4) is 0 Å². The standard InChI is InChI=1S/C31H46O6/c1-20-7-4-8-23(16-20)13-14-26(32)28-19-29-31(37-29)27(33)18-22(3)15-21(2)17-25-11-5-9-24(35-25)10-6-12-30(34)36-28/h5-7,9,12-14,21,23-34H,3-4,8,10-11,15-19H2,1-2H3/b12-6-,14-13+/t21?,23?,24?,25?,26?,27-,28?,29-,30?,31?/m0/s1. The topological polar surface area (TPSA) is 91.7 Å². The number of rotatable bonds is 3. The second kappa shape index (κ2) is 13.5. The van der Waals surface area contributed by atoms with Crippen molar-refractivity contribution < 1.29 is 29.5 Å². The molecule has 1 saturated heterocycles. The molecule has 6 nitrogen and oxygen atoms in total. The molecule has 8 unspecified atom stereocenters. The molecule has 3 N–H and O–H groups in total. The molecule has 0 spiro atoms. The lowest BCUT2D eigenvalue weighted by Crippen LogP contribution is -2.33. The molecule has 2 bridgehead atoms. The Kier molecular flexibility index (Phi) is 10.4. The van der Waals surface area contributed by atoms with Gasteiger partial charge in [0.1, 0.15) is 6.10 Å². The van der Waals surface area contributed by atoms with Crippen LogP contribution >= 0.6 is 0 Å². The predicted molar refractivity (Wildman–Crippen MR) is 145 cm³/mol. The Labute approximate surface area is 222 Å². The highest BCUT2D eigenvalue weighted by molar-refractivity contribution is 5.10. The summed E-state index contributed by atoms with van der Waals surface area (Å²) < 4.78 is 18.0. The molecule has 4 aliphatic rings. The van der Waals surface area contributed by atoms with E-state index in [-0.39, 0.29) is 24.4 Å². The fraction of sp³-hybridized carbons (Fsp3) is 0.677. The highest BCUT2D eigenvalue weighted by Crippen LogP contribution is 2.35. The van der Waals surface area contributed by atoms with Gasteiger partial charge in [-0.3, -0.25) is 0 Å². The van der Waals surface area contributed by atoms with E-state index in [0.717, 1.165) is 44.1 Å². The number of hydrogen-bond acceptors (Lipinski definition) is 6. The molecule has 1 aliphatic carbocycles. The Morgan fingerprint density at radius 2 is 1.84 bits per heavy atom. The van der Waals surface area contributed by atoms with E-state index in [0.29, 0.717) is 31.1 Å². The van der Waals surface area contributed by atoms with Crippen LogP contribution in [-0.2, 0) is 14.2 Å². The molecular formula is C31H46O6. The van der Waals surface area contributed by atoms with Crippen LogP contribution in [0.2, 0.25) is 0 Å². The normalized spacial score (nSPS) is 41.8. The highest BCUT2D eigenvalue weighted by Gasteiger charge is 2.46. The number of aliphatic hydroxyl groups excluding tert-OH is 3. The first-order valence-corrected chi connectivity index (χ1v) is 14.1. The minimum absolute atomic E-state index is 0.0313. The van der Waals surface area contributed by atoms with Crippen LogP contribution in [0.5, 0.6) is 0 Å². The molecule has 206 valence electrons. The van der Waals surface area contributed by atoms with Crippen LogP contribution in [0.4, 0.5) is 0 Å². The summed E-state index contributed by atoms with van der Waals surface area (Å²) in [6.45, 7) is 8.57. The summed E-state index contributed by atoms with van der Waals surface area (Å²) in [6.07, 6.45) is 17.5. The van der Waals surface area contributed by atoms with Gasteiger partial charge in [0.05, 0.1) is 36.6 Å². The number of hydrogen-bond donors (Lipinski definition) is 3. The molecule has 0 amide bonds. The average molecular weight is 515 g/mol. The second-order valence-electron chi connectivity index (χ2n) is 11.6. The summed E-state index contributed by atoms with van der Waals surface area (Å²) in [5, 5.41) is 32.4. The molecule has 37 heavy (non-hydrogen) atoms. The average Bonchev–Trinajstić information content (AvgIpc) is 3.61. The molecule has 0 aromatic rings. The van der Waals surface area contributed by atoms with Gasteiger partial charge in [-0.2, -0.15) is 0 Å². The van der Waals surface area contributed by atoms with Crippen molar-refractivity contribution in [1.29, 1.82) is 0 Å². The molecule has 1 fully saturated rings. The lowest BCUT2D eigenvalue weighted by atomic mass is 9.88. The third-order valence-corrected chi connectivity index (χ3v) is 7.94. The lowest BCUT2D eigenvalue weighted by molar-refractivity contribution is -0.135. The van der Waals surface area contributed by atoms with Crippen LogP contribution in [0, 0.1) is 11.8 Å². The smallest absolute Gasteiger partial charge is 0.174 e. The van der Waals surface area contributed by atoms with Gasteiger partial charge in [-0.05, 0) is 76.2 Å². The van der Waals surface area contributed by atoms with Crippen LogP contribution < -0.4 is 0 Å². The maximum Gasteiger partial charge on any atom is 0.174 e. The van der Waals surface area contributed by atoms with E-state index < -0.39 is 24.6 Å². The van der Waals surface area contributed by atoms with E-state index in [1.54, 1.807) is 12.2 Å². The largest absolute Gasteiger partial charge is 0.390 e. The number of allylic oxidation sites excluding steroid dienone is 3. The van der Waals surface area contributed by atoms with Crippen molar-refractivity contribution in [2.45, 2.75) is 121 Å². The Morgan fingerprint density at radius 1 is 1.03 bits per heavy atom. The molecule has 4 rings (SSSR count). The Hall–Kier alpha value is -1.54. The van der Waals surface area contributed by atoms with E-state index in [4.69, 9.17) is 14.2 Å². The molecule has 3 aliphatic heterocycles. The number of fused-ring (bicyclic) bond motifs is 3. The third-order valence-electron chi connectivity index (χ3n) is 7.94. The molecule has 6 heteroatoms. The lowest BCUT2D eigenvalue weighted by Gasteiger charge is -2.28. The van der Waals surface area contributed by atoms with Gasteiger partial charge in [0.2, 0.25) is 0 Å². The SMILES string of the molecule is C=C1CC(C)CC2CC=CC(C/C=C\C(O)OC(C(O)/C=C/C3CCC=C(C)C3)C[C@@H]3OC3[C@@H](O)C1)O2. The minimum atomic E-state index is -1.16. The highest BCUT2D eigenvalue weighted by atomic mass is 16.6. The zero-order valence-electron chi connectivity index (χ0n) is 22.5. The quantitative estimate of drug-likeness (QED) is 0.366. The minimum Gasteiger partial charge on any atom is -0.390 e. The predicted octanol–water partition coefficient (Wildman–Crippen LogP) is 4.91. The third kappa shape index (κ3) is 9.02. The summed E-state index contributed by atoms with van der Waals surface area (Å²) in [5.74, 6) is 0.809. The van der Waals surface area contributed by atoms with Crippen molar-refractivity contribution in [1.82, 2.24) is 0 Å². The molecular weight excluding hydrogens is 468 g/mol. The van der Waals surface area contributed by atoms with Gasteiger partial charge in [0.15, 0.2) is 6.29 Å². The van der Waals surface area contributed by atoms with Gasteiger partial charge >= 0.3 is 0 Å². The van der Waals surface area contributed by atoms with E-state index in [1.807, 2.05) is 6.08 Å². The Bertz CT molecular complexity index is 875. The fourth-order valence-corrected chi connectivity index (χ4v) is 5.98. The van der Waals surface area contributed by atoms with Crippen LogP contribution in [0.1, 0.15) is 71.6 Å². The van der Waals surface area contributed by atoms with Crippen LogP contribution in [0.15, 0.2) is 60.3 Å². The van der Waals surface area contributed by atoms with Crippen molar-refractivity contribution in [2.75, 3.05) is 0 Å². The van der Waals surface area contributed by atoms with Crippen LogP contribution in [-0.4, -0.2) is 64.3 Å². The van der Waals surface area contributed by atoms with Crippen molar-refractivity contribution in [3.05, 3.63) is 60.3 Å². The first-order chi connectivity index (χ1) is 17.8. The number of aliphatic hydroxyl groups is 3. The van der Waals surface area contributed by atoms with Gasteiger partial charge in [-0.25, -0.2) is 0 Å². The summed E-state index contributed by atoms with van der Waals surface area (Å²) in [5.41, 5.74) is 2.40. The first kappa shape index (κ1) is 28.5. The summed E-state index contributed by atoms with van der Waals surface area (Å²) in [4.78, 5) is 0. The first-order valence-electron chi connectivity index (χ1n) is 14.1. The Morgan fingerprint density at radius 3 is 2.65 bits per heavy atom. The van der Waals surface area contributed by atoms with E-state index in [2.05, 4.69) is 44.7 Å². The van der Waals surface area contributed by atoms with Gasteiger partial charge in [0, 0.05) is 6.42 Å². The van der Waals surface area contributed by atoms with E-state index >= 15 is 0 Å². The van der Waals surface area contributed by atoms with Gasteiger partial charge in [0.25, 0.3) is 0 Å². The number of epoxide rings is 1. The zero-order valence-corrected chi connectivity index (χ0v) is 22.5. The van der Waals surface area contributed by atoms with Crippen molar-refractivity contribution >= 4 is 0 Å². The summed E-state index contributed by atoms with van der Waals surface area (Å²) in [6, 6.07) is 0. The molecule has 0 radical (unpaired) electrons. The van der Waals surface area contributed by atoms with Crippen LogP contribution in [0.25, 0.3) is 0 Å². The van der Waals surface area contributed by atoms with E-state index in [9.17, 15) is 15.3 Å². The molecule has 3 heterocycles. The summed E-state index contributed by atoms with van der Waals surface area (Å²) >= 11 is 0. The molecule has 10 atom stereocenters. The maximum absolute atomic E-state index is 11.0. The van der Waals surface area contributed by atoms with Gasteiger partial charge < -0.3 is 29.5 Å². The monoisotopic (exact) mass is 514 g/mol. The second-order valence-corrected chi connectivity index (χ2v) is 11.6.